The van der Waals surface area contributed by atoms with E-state index in [4.69, 9.17) is 4.18 Å². The molecule has 2 nitrogen and oxygen atoms in total. The minimum absolute atomic E-state index is 0.526. The Bertz CT molecular complexity index is 341. The number of rotatable bonds is 0. The molecule has 4 heteroatoms. The summed E-state index contributed by atoms with van der Waals surface area (Å²) >= 11 is 0.681. The zero-order valence-corrected chi connectivity index (χ0v) is 8.68. The summed E-state index contributed by atoms with van der Waals surface area (Å²) in [5.41, 5.74) is 2.51. The molecule has 2 rings (SSSR count). The molecule has 1 aliphatic rings. The summed E-state index contributed by atoms with van der Waals surface area (Å²) in [6.07, 6.45) is 0. The van der Waals surface area contributed by atoms with E-state index in [1.165, 1.54) is 20.9 Å². The second-order valence-corrected chi connectivity index (χ2v) is 5.44. The Morgan fingerprint density at radius 3 is 2.75 bits per heavy atom. The molecule has 0 spiro atoms. The second kappa shape index (κ2) is 2.94. The van der Waals surface area contributed by atoms with E-state index < -0.39 is 11.1 Å². The monoisotopic (exact) mass is 202 g/mol. The van der Waals surface area contributed by atoms with E-state index in [0.717, 1.165) is 0 Å². The summed E-state index contributed by atoms with van der Waals surface area (Å²) in [6, 6.07) is 0. The standard InChI is InChI=1S/C8H10O2S2/c1-5-7-3-10-12(9)4-8(7)6(2)11-5/h3-4H2,1-2H3. The zero-order valence-electron chi connectivity index (χ0n) is 7.05. The van der Waals surface area contributed by atoms with Crippen LogP contribution in [0.4, 0.5) is 0 Å². The molecule has 1 atom stereocenters. The summed E-state index contributed by atoms with van der Waals surface area (Å²) in [5, 5.41) is 0. The highest BCUT2D eigenvalue weighted by molar-refractivity contribution is 7.79. The van der Waals surface area contributed by atoms with Crippen LogP contribution in [0.5, 0.6) is 0 Å². The van der Waals surface area contributed by atoms with Crippen molar-refractivity contribution in [2.24, 2.45) is 0 Å². The molecule has 1 aromatic heterocycles. The Labute approximate surface area is 78.2 Å². The van der Waals surface area contributed by atoms with Gasteiger partial charge in [0, 0.05) is 9.75 Å². The molecule has 1 aliphatic heterocycles. The van der Waals surface area contributed by atoms with E-state index in [2.05, 4.69) is 13.8 Å². The van der Waals surface area contributed by atoms with E-state index >= 15 is 0 Å². The molecule has 0 aromatic carbocycles. The number of aryl methyl sites for hydroxylation is 2. The SMILES string of the molecule is Cc1sc(C)c2c1COS(=O)C2. The van der Waals surface area contributed by atoms with Gasteiger partial charge in [0.2, 0.25) is 0 Å². The van der Waals surface area contributed by atoms with E-state index in [1.807, 2.05) is 0 Å². The zero-order chi connectivity index (χ0) is 8.72. The number of thiophene rings is 1. The largest absolute Gasteiger partial charge is 0.285 e. The van der Waals surface area contributed by atoms with Crippen molar-refractivity contribution in [1.29, 1.82) is 0 Å². The van der Waals surface area contributed by atoms with Gasteiger partial charge in [0.05, 0.1) is 12.4 Å². The lowest BCUT2D eigenvalue weighted by molar-refractivity contribution is 0.327. The molecule has 0 aliphatic carbocycles. The van der Waals surface area contributed by atoms with Gasteiger partial charge >= 0.3 is 0 Å². The molecule has 1 aromatic rings. The van der Waals surface area contributed by atoms with Gasteiger partial charge in [-0.2, -0.15) is 0 Å². The van der Waals surface area contributed by atoms with Crippen molar-refractivity contribution in [1.82, 2.24) is 0 Å². The van der Waals surface area contributed by atoms with Crippen LogP contribution in [0.15, 0.2) is 0 Å². The first-order valence-electron chi connectivity index (χ1n) is 3.78. The molecule has 0 N–H and O–H groups in total. The summed E-state index contributed by atoms with van der Waals surface area (Å²) in [5.74, 6) is 0.575. The lowest BCUT2D eigenvalue weighted by atomic mass is 10.1. The maximum Gasteiger partial charge on any atom is 0.160 e. The van der Waals surface area contributed by atoms with Crippen molar-refractivity contribution in [2.45, 2.75) is 26.2 Å². The third kappa shape index (κ3) is 1.24. The van der Waals surface area contributed by atoms with Gasteiger partial charge in [-0.3, -0.25) is 4.18 Å². The quantitative estimate of drug-likeness (QED) is 0.643. The molecular formula is C8H10O2S2. The Balaban J connectivity index is 2.51. The average molecular weight is 202 g/mol. The van der Waals surface area contributed by atoms with Gasteiger partial charge in [-0.25, -0.2) is 4.21 Å². The Morgan fingerprint density at radius 1 is 1.33 bits per heavy atom. The van der Waals surface area contributed by atoms with E-state index in [1.54, 1.807) is 11.3 Å². The lowest BCUT2D eigenvalue weighted by Crippen LogP contribution is -2.10. The van der Waals surface area contributed by atoms with Crippen molar-refractivity contribution in [2.75, 3.05) is 0 Å². The minimum atomic E-state index is -1.09. The first-order valence-corrected chi connectivity index (χ1v) is 5.84. The number of fused-ring (bicyclic) bond motifs is 1. The molecule has 12 heavy (non-hydrogen) atoms. The topological polar surface area (TPSA) is 26.3 Å². The van der Waals surface area contributed by atoms with E-state index in [0.29, 0.717) is 12.4 Å². The fourth-order valence-corrected chi connectivity index (χ4v) is 3.57. The maximum atomic E-state index is 11.1. The second-order valence-electron chi connectivity index (χ2n) is 2.88. The number of hydrogen-bond donors (Lipinski definition) is 0. The average Bonchev–Trinajstić information content (AvgIpc) is 2.28. The predicted molar refractivity (Wildman–Crippen MR) is 50.4 cm³/mol. The summed E-state index contributed by atoms with van der Waals surface area (Å²) in [4.78, 5) is 2.60. The van der Waals surface area contributed by atoms with Crippen LogP contribution in [-0.4, -0.2) is 4.21 Å². The van der Waals surface area contributed by atoms with Crippen LogP contribution in [0, 0.1) is 13.8 Å². The molecule has 1 unspecified atom stereocenters. The summed E-state index contributed by atoms with van der Waals surface area (Å²) in [6.45, 7) is 4.70. The fourth-order valence-electron chi connectivity index (χ4n) is 1.44. The lowest BCUT2D eigenvalue weighted by Gasteiger charge is -2.12. The molecule has 0 fully saturated rings. The normalized spacial score (nSPS) is 22.3. The molecule has 66 valence electrons. The van der Waals surface area contributed by atoms with Crippen LogP contribution in [0.1, 0.15) is 20.9 Å². The smallest absolute Gasteiger partial charge is 0.160 e. The van der Waals surface area contributed by atoms with Crippen LogP contribution in [0.25, 0.3) is 0 Å². The highest BCUT2D eigenvalue weighted by Crippen LogP contribution is 2.32. The third-order valence-electron chi connectivity index (χ3n) is 2.12. The van der Waals surface area contributed by atoms with Crippen molar-refractivity contribution < 1.29 is 8.39 Å². The van der Waals surface area contributed by atoms with Crippen molar-refractivity contribution in [3.05, 3.63) is 20.9 Å². The van der Waals surface area contributed by atoms with Crippen LogP contribution in [0.2, 0.25) is 0 Å². The summed E-state index contributed by atoms with van der Waals surface area (Å²) < 4.78 is 16.2. The molecule has 2 heterocycles. The minimum Gasteiger partial charge on any atom is -0.285 e. The van der Waals surface area contributed by atoms with Gasteiger partial charge in [0.15, 0.2) is 11.1 Å². The van der Waals surface area contributed by atoms with Gasteiger partial charge in [-0.1, -0.05) is 0 Å². The van der Waals surface area contributed by atoms with Crippen LogP contribution in [0.3, 0.4) is 0 Å². The molecule has 0 bridgehead atoms. The molecule has 0 saturated heterocycles. The van der Waals surface area contributed by atoms with Crippen molar-refractivity contribution in [3.8, 4) is 0 Å². The van der Waals surface area contributed by atoms with Gasteiger partial charge in [0.1, 0.15) is 0 Å². The van der Waals surface area contributed by atoms with E-state index in [9.17, 15) is 4.21 Å². The Kier molecular flexibility index (Phi) is 2.06. The van der Waals surface area contributed by atoms with Gasteiger partial charge in [0.25, 0.3) is 0 Å². The highest BCUT2D eigenvalue weighted by atomic mass is 32.2. The third-order valence-corrected chi connectivity index (χ3v) is 4.13. The predicted octanol–water partition coefficient (Wildman–Crippen LogP) is 2.06. The van der Waals surface area contributed by atoms with Gasteiger partial charge < -0.3 is 0 Å². The number of hydrogen-bond acceptors (Lipinski definition) is 3. The van der Waals surface area contributed by atoms with Crippen LogP contribution in [-0.2, 0) is 27.6 Å². The molecule has 0 saturated carbocycles. The molecule has 0 radical (unpaired) electrons. The first-order chi connectivity index (χ1) is 5.68. The van der Waals surface area contributed by atoms with Crippen LogP contribution >= 0.6 is 11.3 Å². The first kappa shape index (κ1) is 8.41. The van der Waals surface area contributed by atoms with E-state index in [-0.39, 0.29) is 0 Å². The van der Waals surface area contributed by atoms with Crippen molar-refractivity contribution >= 4 is 22.4 Å². The van der Waals surface area contributed by atoms with Gasteiger partial charge in [-0.05, 0) is 25.0 Å². The van der Waals surface area contributed by atoms with Crippen LogP contribution < -0.4 is 0 Å². The van der Waals surface area contributed by atoms with Crippen molar-refractivity contribution in [3.63, 3.8) is 0 Å². The molecular weight excluding hydrogens is 192 g/mol. The summed E-state index contributed by atoms with van der Waals surface area (Å²) in [7, 11) is 0. The van der Waals surface area contributed by atoms with Gasteiger partial charge in [-0.15, -0.1) is 11.3 Å². The highest BCUT2D eigenvalue weighted by Gasteiger charge is 2.20. The Hall–Kier alpha value is -0.190. The maximum absolute atomic E-state index is 11.1. The molecule has 0 amide bonds. The Morgan fingerprint density at radius 2 is 2.00 bits per heavy atom. The fraction of sp³-hybridized carbons (Fsp3) is 0.500.